The Morgan fingerprint density at radius 2 is 1.56 bits per heavy atom. The van der Waals surface area contributed by atoms with E-state index in [1.807, 2.05) is 0 Å². The zero-order valence-corrected chi connectivity index (χ0v) is 14.0. The van der Waals surface area contributed by atoms with Crippen LogP contribution in [0.15, 0.2) is 48.5 Å². The van der Waals surface area contributed by atoms with Crippen LogP contribution < -0.4 is 4.74 Å². The summed E-state index contributed by atoms with van der Waals surface area (Å²) in [5.41, 5.74) is 1.54. The van der Waals surface area contributed by atoms with Gasteiger partial charge in [0.25, 0.3) is 5.24 Å². The van der Waals surface area contributed by atoms with Crippen molar-refractivity contribution in [2.45, 2.75) is 13.0 Å². The topological polar surface area (TPSA) is 83.9 Å². The molecule has 0 radical (unpaired) electrons. The maximum Gasteiger partial charge on any atom is 0.307 e. The Kier molecular flexibility index (Phi) is 5.04. The van der Waals surface area contributed by atoms with Gasteiger partial charge in [-0.25, -0.2) is 0 Å². The van der Waals surface area contributed by atoms with Crippen molar-refractivity contribution in [3.63, 3.8) is 0 Å². The third-order valence-corrected chi connectivity index (χ3v) is 4.48. The molecular weight excluding hydrogens is 342 g/mol. The van der Waals surface area contributed by atoms with Crippen molar-refractivity contribution in [1.29, 1.82) is 0 Å². The third kappa shape index (κ3) is 4.39. The van der Waals surface area contributed by atoms with Gasteiger partial charge in [0.15, 0.2) is 0 Å². The number of benzene rings is 2. The van der Waals surface area contributed by atoms with E-state index in [9.17, 15) is 14.4 Å². The predicted octanol–water partition coefficient (Wildman–Crippen LogP) is 3.30. The number of hydrogen-bond acceptors (Lipinski definition) is 5. The van der Waals surface area contributed by atoms with Crippen LogP contribution in [0.4, 0.5) is 4.79 Å². The molecule has 0 atom stereocenters. The molecular formula is C18H15NO5S. The second-order valence-electron chi connectivity index (χ2n) is 5.49. The minimum absolute atomic E-state index is 0.0266. The summed E-state index contributed by atoms with van der Waals surface area (Å²) in [6, 6.07) is 14.0. The average molecular weight is 357 g/mol. The number of nitrogens with zero attached hydrogens (tertiary/aromatic N) is 1. The fourth-order valence-corrected chi connectivity index (χ4v) is 3.09. The number of hydrogen-bond donors (Lipinski definition) is 1. The van der Waals surface area contributed by atoms with E-state index in [1.165, 1.54) is 4.90 Å². The first-order valence-electron chi connectivity index (χ1n) is 7.56. The number of carbonyl (C=O) groups excluding carboxylic acids is 2. The molecule has 2 aromatic carbocycles. The first-order valence-corrected chi connectivity index (χ1v) is 8.54. The van der Waals surface area contributed by atoms with Crippen LogP contribution in [0.3, 0.4) is 0 Å². The van der Waals surface area contributed by atoms with Gasteiger partial charge in [-0.2, -0.15) is 0 Å². The summed E-state index contributed by atoms with van der Waals surface area (Å²) in [6.07, 6.45) is -0.0266. The van der Waals surface area contributed by atoms with Gasteiger partial charge in [-0.15, -0.1) is 0 Å². The van der Waals surface area contributed by atoms with Crippen molar-refractivity contribution in [2.75, 3.05) is 5.75 Å². The Morgan fingerprint density at radius 1 is 1.00 bits per heavy atom. The minimum atomic E-state index is -0.877. The SMILES string of the molecule is O=C(O)Cc1ccc(Oc2ccc(CN3C(=O)CSC3=O)cc2)cc1. The number of rotatable bonds is 6. The first kappa shape index (κ1) is 17.0. The van der Waals surface area contributed by atoms with E-state index in [-0.39, 0.29) is 29.9 Å². The molecule has 25 heavy (non-hydrogen) atoms. The number of aliphatic carboxylic acids is 1. The standard InChI is InChI=1S/C18H15NO5S/c20-16-11-25-18(23)19(16)10-13-3-7-15(8-4-13)24-14-5-1-12(2-6-14)9-17(21)22/h1-8H,9-11H2,(H,21,22). The highest BCUT2D eigenvalue weighted by molar-refractivity contribution is 8.14. The van der Waals surface area contributed by atoms with Gasteiger partial charge in [0.05, 0.1) is 18.7 Å². The second kappa shape index (κ2) is 7.40. The molecule has 1 N–H and O–H groups in total. The lowest BCUT2D eigenvalue weighted by molar-refractivity contribution is -0.136. The maximum absolute atomic E-state index is 11.6. The highest BCUT2D eigenvalue weighted by Crippen LogP contribution is 2.25. The molecule has 3 rings (SSSR count). The Labute approximate surface area is 148 Å². The summed E-state index contributed by atoms with van der Waals surface area (Å²) in [5.74, 6) is 0.374. The summed E-state index contributed by atoms with van der Waals surface area (Å²) in [5, 5.41) is 8.54. The van der Waals surface area contributed by atoms with Crippen molar-refractivity contribution in [2.24, 2.45) is 0 Å². The van der Waals surface area contributed by atoms with Crippen molar-refractivity contribution >= 4 is 28.9 Å². The van der Waals surface area contributed by atoms with Crippen LogP contribution in [-0.2, 0) is 22.6 Å². The van der Waals surface area contributed by atoms with E-state index < -0.39 is 5.97 Å². The summed E-state index contributed by atoms with van der Waals surface area (Å²) < 4.78 is 5.71. The Bertz CT molecular complexity index is 785. The zero-order valence-electron chi connectivity index (χ0n) is 13.2. The number of thioether (sulfide) groups is 1. The molecule has 0 aromatic heterocycles. The fourth-order valence-electron chi connectivity index (χ4n) is 2.37. The van der Waals surface area contributed by atoms with Crippen molar-refractivity contribution in [3.05, 3.63) is 59.7 Å². The fraction of sp³-hybridized carbons (Fsp3) is 0.167. The molecule has 0 aliphatic carbocycles. The van der Waals surface area contributed by atoms with Gasteiger partial charge in [0.1, 0.15) is 11.5 Å². The van der Waals surface area contributed by atoms with Crippen LogP contribution >= 0.6 is 11.8 Å². The Morgan fingerprint density at radius 3 is 2.04 bits per heavy atom. The first-order chi connectivity index (χ1) is 12.0. The summed E-state index contributed by atoms with van der Waals surface area (Å²) in [7, 11) is 0. The maximum atomic E-state index is 11.6. The quantitative estimate of drug-likeness (QED) is 0.854. The van der Waals surface area contributed by atoms with E-state index in [1.54, 1.807) is 48.5 Å². The molecule has 1 aliphatic rings. The molecule has 7 heteroatoms. The number of carboxylic acids is 1. The second-order valence-corrected chi connectivity index (χ2v) is 6.42. The molecule has 0 saturated carbocycles. The summed E-state index contributed by atoms with van der Waals surface area (Å²) in [6.45, 7) is 0.259. The third-order valence-electron chi connectivity index (χ3n) is 3.62. The number of ether oxygens (including phenoxy) is 1. The molecule has 1 saturated heterocycles. The van der Waals surface area contributed by atoms with Crippen LogP contribution in [0.25, 0.3) is 0 Å². The number of amides is 2. The highest BCUT2D eigenvalue weighted by atomic mass is 32.2. The summed E-state index contributed by atoms with van der Waals surface area (Å²) >= 11 is 1.02. The zero-order chi connectivity index (χ0) is 17.8. The smallest absolute Gasteiger partial charge is 0.307 e. The molecule has 0 spiro atoms. The normalized spacial score (nSPS) is 14.0. The molecule has 6 nitrogen and oxygen atoms in total. The van der Waals surface area contributed by atoms with Gasteiger partial charge >= 0.3 is 5.97 Å². The molecule has 2 aromatic rings. The van der Waals surface area contributed by atoms with E-state index in [2.05, 4.69) is 0 Å². The van der Waals surface area contributed by atoms with E-state index >= 15 is 0 Å². The van der Waals surface area contributed by atoms with Crippen LogP contribution in [-0.4, -0.2) is 32.9 Å². The molecule has 0 bridgehead atoms. The van der Waals surface area contributed by atoms with E-state index in [0.29, 0.717) is 17.1 Å². The molecule has 1 fully saturated rings. The number of carboxylic acid groups (broad SMARTS) is 1. The van der Waals surface area contributed by atoms with Crippen LogP contribution in [0, 0.1) is 0 Å². The van der Waals surface area contributed by atoms with Crippen LogP contribution in [0.2, 0.25) is 0 Å². The van der Waals surface area contributed by atoms with E-state index in [4.69, 9.17) is 9.84 Å². The van der Waals surface area contributed by atoms with Crippen molar-refractivity contribution in [1.82, 2.24) is 4.90 Å². The molecule has 0 unspecified atom stereocenters. The molecule has 1 aliphatic heterocycles. The van der Waals surface area contributed by atoms with E-state index in [0.717, 1.165) is 17.3 Å². The van der Waals surface area contributed by atoms with Gasteiger partial charge < -0.3 is 9.84 Å². The number of imide groups is 1. The van der Waals surface area contributed by atoms with Gasteiger partial charge in [0, 0.05) is 0 Å². The minimum Gasteiger partial charge on any atom is -0.481 e. The Hall–Kier alpha value is -2.80. The molecule has 2 amide bonds. The number of carbonyl (C=O) groups is 3. The van der Waals surface area contributed by atoms with Gasteiger partial charge in [0.2, 0.25) is 5.91 Å². The lowest BCUT2D eigenvalue weighted by Gasteiger charge is -2.13. The van der Waals surface area contributed by atoms with Gasteiger partial charge in [-0.1, -0.05) is 36.0 Å². The van der Waals surface area contributed by atoms with Gasteiger partial charge in [-0.3, -0.25) is 19.3 Å². The van der Waals surface area contributed by atoms with Crippen LogP contribution in [0.5, 0.6) is 11.5 Å². The van der Waals surface area contributed by atoms with Crippen LogP contribution in [0.1, 0.15) is 11.1 Å². The predicted molar refractivity (Wildman–Crippen MR) is 92.7 cm³/mol. The monoisotopic (exact) mass is 357 g/mol. The molecule has 128 valence electrons. The molecule has 1 heterocycles. The highest BCUT2D eigenvalue weighted by Gasteiger charge is 2.29. The van der Waals surface area contributed by atoms with Gasteiger partial charge in [-0.05, 0) is 35.4 Å². The lowest BCUT2D eigenvalue weighted by Crippen LogP contribution is -2.27. The lowest BCUT2D eigenvalue weighted by atomic mass is 10.1. The Balaban J connectivity index is 1.61. The average Bonchev–Trinajstić information content (AvgIpc) is 2.90. The van der Waals surface area contributed by atoms with Crippen molar-refractivity contribution < 1.29 is 24.2 Å². The summed E-state index contributed by atoms with van der Waals surface area (Å²) in [4.78, 5) is 35.1. The van der Waals surface area contributed by atoms with Crippen molar-refractivity contribution in [3.8, 4) is 11.5 Å². The largest absolute Gasteiger partial charge is 0.481 e.